The van der Waals surface area contributed by atoms with Gasteiger partial charge in [0.25, 0.3) is 0 Å². The number of para-hydroxylation sites is 1. The number of aliphatic hydroxyl groups is 1. The average molecular weight is 241 g/mol. The lowest BCUT2D eigenvalue weighted by atomic mass is 10.2. The number of aliphatic hydroxyl groups excluding tert-OH is 1. The number of hydrogen-bond acceptors (Lipinski definition) is 5. The number of nitrogens with zero attached hydrogens (tertiary/aromatic N) is 2. The third-order valence-electron chi connectivity index (χ3n) is 2.34. The molecule has 0 spiro atoms. The molecule has 0 aliphatic carbocycles. The van der Waals surface area contributed by atoms with Crippen molar-refractivity contribution in [2.75, 3.05) is 5.73 Å². The number of nitriles is 1. The molecule has 1 heterocycles. The highest BCUT2D eigenvalue weighted by Crippen LogP contribution is 2.26. The summed E-state index contributed by atoms with van der Waals surface area (Å²) < 4.78 is 5.53. The van der Waals surface area contributed by atoms with Crippen molar-refractivity contribution in [1.82, 2.24) is 4.98 Å². The second-order valence-corrected chi connectivity index (χ2v) is 3.60. The van der Waals surface area contributed by atoms with E-state index in [-0.39, 0.29) is 18.1 Å². The number of aromatic nitrogens is 1. The first-order valence-electron chi connectivity index (χ1n) is 5.27. The summed E-state index contributed by atoms with van der Waals surface area (Å²) in [6.07, 6.45) is 1.41. The van der Waals surface area contributed by atoms with Crippen LogP contribution in [0.15, 0.2) is 36.5 Å². The number of nitrogen functional groups attached to an aromatic ring is 1. The van der Waals surface area contributed by atoms with Crippen LogP contribution in [0, 0.1) is 11.3 Å². The number of hydrogen-bond donors (Lipinski definition) is 2. The SMILES string of the molecule is N#Cc1cc(N)cnc1Oc1ccccc1CO. The van der Waals surface area contributed by atoms with E-state index in [1.807, 2.05) is 6.07 Å². The minimum Gasteiger partial charge on any atom is -0.437 e. The third-order valence-corrected chi connectivity index (χ3v) is 2.34. The average Bonchev–Trinajstić information content (AvgIpc) is 2.41. The van der Waals surface area contributed by atoms with Crippen LogP contribution in [0.1, 0.15) is 11.1 Å². The molecule has 90 valence electrons. The predicted molar refractivity (Wildman–Crippen MR) is 65.8 cm³/mol. The molecule has 0 aliphatic rings. The molecule has 0 fully saturated rings. The van der Waals surface area contributed by atoms with E-state index in [0.29, 0.717) is 17.0 Å². The Labute approximate surface area is 104 Å². The van der Waals surface area contributed by atoms with Crippen LogP contribution in [0.3, 0.4) is 0 Å². The summed E-state index contributed by atoms with van der Waals surface area (Å²) in [7, 11) is 0. The lowest BCUT2D eigenvalue weighted by Crippen LogP contribution is -1.97. The van der Waals surface area contributed by atoms with Crippen LogP contribution >= 0.6 is 0 Å². The van der Waals surface area contributed by atoms with Crippen molar-refractivity contribution in [2.24, 2.45) is 0 Å². The third kappa shape index (κ3) is 2.39. The maximum atomic E-state index is 9.18. The van der Waals surface area contributed by atoms with Crippen LogP contribution in [0.4, 0.5) is 5.69 Å². The van der Waals surface area contributed by atoms with Crippen molar-refractivity contribution in [2.45, 2.75) is 6.61 Å². The monoisotopic (exact) mass is 241 g/mol. The van der Waals surface area contributed by atoms with Crippen LogP contribution in [0.25, 0.3) is 0 Å². The van der Waals surface area contributed by atoms with Gasteiger partial charge in [0.1, 0.15) is 17.4 Å². The van der Waals surface area contributed by atoms with Crippen LogP contribution in [-0.2, 0) is 6.61 Å². The highest BCUT2D eigenvalue weighted by molar-refractivity contribution is 5.50. The Morgan fingerprint density at radius 3 is 2.89 bits per heavy atom. The minimum absolute atomic E-state index is 0.146. The molecule has 18 heavy (non-hydrogen) atoms. The fourth-order valence-corrected chi connectivity index (χ4v) is 1.47. The lowest BCUT2D eigenvalue weighted by molar-refractivity contribution is 0.276. The quantitative estimate of drug-likeness (QED) is 0.855. The summed E-state index contributed by atoms with van der Waals surface area (Å²) in [6.45, 7) is -0.146. The lowest BCUT2D eigenvalue weighted by Gasteiger charge is -2.09. The first-order valence-corrected chi connectivity index (χ1v) is 5.27. The van der Waals surface area contributed by atoms with Gasteiger partial charge in [-0.05, 0) is 12.1 Å². The molecule has 1 aromatic heterocycles. The number of anilines is 1. The largest absolute Gasteiger partial charge is 0.437 e. The molecule has 3 N–H and O–H groups in total. The predicted octanol–water partition coefficient (Wildman–Crippen LogP) is 1.82. The van der Waals surface area contributed by atoms with E-state index in [1.165, 1.54) is 12.3 Å². The van der Waals surface area contributed by atoms with E-state index < -0.39 is 0 Å². The maximum Gasteiger partial charge on any atom is 0.237 e. The zero-order chi connectivity index (χ0) is 13.0. The first-order chi connectivity index (χ1) is 8.74. The van der Waals surface area contributed by atoms with Crippen molar-refractivity contribution in [3.63, 3.8) is 0 Å². The van der Waals surface area contributed by atoms with Gasteiger partial charge in [-0.25, -0.2) is 4.98 Å². The summed E-state index contributed by atoms with van der Waals surface area (Å²) in [5, 5.41) is 18.2. The molecule has 0 radical (unpaired) electrons. The summed E-state index contributed by atoms with van der Waals surface area (Å²) in [5.74, 6) is 0.640. The number of benzene rings is 1. The van der Waals surface area contributed by atoms with Gasteiger partial charge in [0.15, 0.2) is 0 Å². The van der Waals surface area contributed by atoms with Gasteiger partial charge in [0.2, 0.25) is 5.88 Å². The van der Waals surface area contributed by atoms with Crippen LogP contribution < -0.4 is 10.5 Å². The minimum atomic E-state index is -0.146. The summed E-state index contributed by atoms with van der Waals surface area (Å²) in [4.78, 5) is 3.97. The molecule has 0 atom stereocenters. The topological polar surface area (TPSA) is 92.2 Å². The van der Waals surface area contributed by atoms with E-state index in [9.17, 15) is 5.11 Å². The van der Waals surface area contributed by atoms with E-state index in [4.69, 9.17) is 15.7 Å². The summed E-state index contributed by atoms with van der Waals surface area (Å²) in [6, 6.07) is 10.5. The molecule has 0 saturated carbocycles. The van der Waals surface area contributed by atoms with Gasteiger partial charge >= 0.3 is 0 Å². The molecule has 0 aliphatic heterocycles. The van der Waals surface area contributed by atoms with Gasteiger partial charge < -0.3 is 15.6 Å². The Bertz CT molecular complexity index is 605. The molecule has 0 amide bonds. The van der Waals surface area contributed by atoms with Crippen molar-refractivity contribution in [3.8, 4) is 17.7 Å². The smallest absolute Gasteiger partial charge is 0.237 e. The van der Waals surface area contributed by atoms with Crippen LogP contribution in [0.2, 0.25) is 0 Å². The highest BCUT2D eigenvalue weighted by atomic mass is 16.5. The number of nitrogens with two attached hydrogens (primary N) is 1. The maximum absolute atomic E-state index is 9.18. The van der Waals surface area contributed by atoms with Gasteiger partial charge in [-0.3, -0.25) is 0 Å². The second kappa shape index (κ2) is 5.17. The van der Waals surface area contributed by atoms with Gasteiger partial charge in [-0.1, -0.05) is 18.2 Å². The molecular formula is C13H11N3O2. The Morgan fingerprint density at radius 1 is 1.39 bits per heavy atom. The summed E-state index contributed by atoms with van der Waals surface area (Å²) in [5.41, 5.74) is 6.82. The molecule has 5 heteroatoms. The Balaban J connectivity index is 2.37. The Kier molecular flexibility index (Phi) is 3.41. The molecule has 0 unspecified atom stereocenters. The van der Waals surface area contributed by atoms with Crippen molar-refractivity contribution in [3.05, 3.63) is 47.7 Å². The molecule has 2 rings (SSSR count). The van der Waals surface area contributed by atoms with Crippen molar-refractivity contribution < 1.29 is 9.84 Å². The standard InChI is InChI=1S/C13H11N3O2/c14-6-10-5-11(15)7-16-13(10)18-12-4-2-1-3-9(12)8-17/h1-5,7,17H,8,15H2. The van der Waals surface area contributed by atoms with Crippen molar-refractivity contribution in [1.29, 1.82) is 5.26 Å². The van der Waals surface area contributed by atoms with E-state index in [1.54, 1.807) is 24.3 Å². The Morgan fingerprint density at radius 2 is 2.17 bits per heavy atom. The molecule has 5 nitrogen and oxygen atoms in total. The first kappa shape index (κ1) is 11.9. The van der Waals surface area contributed by atoms with Gasteiger partial charge in [0.05, 0.1) is 18.5 Å². The number of rotatable bonds is 3. The molecule has 0 saturated heterocycles. The van der Waals surface area contributed by atoms with Crippen LogP contribution in [-0.4, -0.2) is 10.1 Å². The van der Waals surface area contributed by atoms with Gasteiger partial charge in [-0.2, -0.15) is 5.26 Å². The fraction of sp³-hybridized carbons (Fsp3) is 0.0769. The number of ether oxygens (including phenoxy) is 1. The molecular weight excluding hydrogens is 230 g/mol. The highest BCUT2D eigenvalue weighted by Gasteiger charge is 2.09. The molecule has 2 aromatic rings. The van der Waals surface area contributed by atoms with Crippen LogP contribution in [0.5, 0.6) is 11.6 Å². The van der Waals surface area contributed by atoms with Crippen molar-refractivity contribution >= 4 is 5.69 Å². The Hall–Kier alpha value is -2.58. The number of pyridine rings is 1. The molecule has 1 aromatic carbocycles. The normalized spacial score (nSPS) is 9.78. The van der Waals surface area contributed by atoms with Gasteiger partial charge in [-0.15, -0.1) is 0 Å². The van der Waals surface area contributed by atoms with E-state index in [0.717, 1.165) is 0 Å². The zero-order valence-electron chi connectivity index (χ0n) is 9.50. The van der Waals surface area contributed by atoms with E-state index >= 15 is 0 Å². The van der Waals surface area contributed by atoms with Gasteiger partial charge in [0, 0.05) is 5.56 Å². The fourth-order valence-electron chi connectivity index (χ4n) is 1.47. The zero-order valence-corrected chi connectivity index (χ0v) is 9.50. The summed E-state index contributed by atoms with van der Waals surface area (Å²) >= 11 is 0. The molecule has 0 bridgehead atoms. The second-order valence-electron chi connectivity index (χ2n) is 3.60. The van der Waals surface area contributed by atoms with E-state index in [2.05, 4.69) is 4.98 Å².